The van der Waals surface area contributed by atoms with E-state index in [0.29, 0.717) is 4.90 Å². The van der Waals surface area contributed by atoms with E-state index < -0.39 is 15.5 Å². The van der Waals surface area contributed by atoms with Crippen LogP contribution in [0.15, 0.2) is 27.6 Å². The summed E-state index contributed by atoms with van der Waals surface area (Å²) in [4.78, 5) is 0.329. The van der Waals surface area contributed by atoms with Gasteiger partial charge in [-0.3, -0.25) is 0 Å². The zero-order chi connectivity index (χ0) is 9.35. The summed E-state index contributed by atoms with van der Waals surface area (Å²) < 4.78 is 31.3. The number of hydrogen-bond donors (Lipinski definition) is 1. The predicted octanol–water partition coefficient (Wildman–Crippen LogP) is 2.62. The van der Waals surface area contributed by atoms with Crippen molar-refractivity contribution in [3.8, 4) is 0 Å². The van der Waals surface area contributed by atoms with Crippen LogP contribution in [0.5, 0.6) is 0 Å². The van der Waals surface area contributed by atoms with Gasteiger partial charge < -0.3 is 0 Å². The summed E-state index contributed by atoms with van der Waals surface area (Å²) in [6, 6.07) is 3.91. The average Bonchev–Trinajstić information content (AvgIpc) is 1.92. The standard InChI is InChI=1S/C7H7BrFNOS/c1-12(10,11)5-2-3-7(9)6(8)4-5/h2-4,10H,1H3. The molecule has 5 heteroatoms. The van der Waals surface area contributed by atoms with Gasteiger partial charge in [0.05, 0.1) is 14.2 Å². The second-order valence-corrected chi connectivity index (χ2v) is 5.43. The molecular formula is C7H7BrFNOS. The highest BCUT2D eigenvalue weighted by Crippen LogP contribution is 2.19. The zero-order valence-electron chi connectivity index (χ0n) is 6.30. The molecule has 0 bridgehead atoms. The van der Waals surface area contributed by atoms with E-state index in [0.717, 1.165) is 0 Å². The maximum atomic E-state index is 12.7. The molecule has 1 aromatic rings. The molecule has 0 spiro atoms. The summed E-state index contributed by atoms with van der Waals surface area (Å²) in [5, 5.41) is 0. The van der Waals surface area contributed by atoms with Crippen molar-refractivity contribution in [2.24, 2.45) is 0 Å². The molecule has 0 aliphatic rings. The number of halogens is 2. The summed E-state index contributed by atoms with van der Waals surface area (Å²) >= 11 is 2.95. The molecule has 0 saturated heterocycles. The minimum absolute atomic E-state index is 0.238. The number of rotatable bonds is 1. The first-order valence-electron chi connectivity index (χ1n) is 3.10. The Hall–Kier alpha value is -0.420. The zero-order valence-corrected chi connectivity index (χ0v) is 8.71. The van der Waals surface area contributed by atoms with Crippen LogP contribution in [0, 0.1) is 10.6 Å². The van der Waals surface area contributed by atoms with Gasteiger partial charge in [0, 0.05) is 11.2 Å². The second-order valence-electron chi connectivity index (χ2n) is 2.42. The Bertz CT molecular complexity index is 402. The molecule has 66 valence electrons. The van der Waals surface area contributed by atoms with Crippen molar-refractivity contribution in [2.45, 2.75) is 4.90 Å². The Labute approximate surface area is 78.9 Å². The first-order chi connectivity index (χ1) is 5.41. The van der Waals surface area contributed by atoms with E-state index >= 15 is 0 Å². The smallest absolute Gasteiger partial charge is 0.137 e. The van der Waals surface area contributed by atoms with Crippen LogP contribution in [0.25, 0.3) is 0 Å². The lowest BCUT2D eigenvalue weighted by Crippen LogP contribution is -1.94. The summed E-state index contributed by atoms with van der Waals surface area (Å²) in [6.07, 6.45) is 1.30. The molecule has 0 saturated carbocycles. The fourth-order valence-electron chi connectivity index (χ4n) is 0.719. The lowest BCUT2D eigenvalue weighted by Gasteiger charge is -2.01. The second kappa shape index (κ2) is 3.14. The van der Waals surface area contributed by atoms with Crippen LogP contribution < -0.4 is 0 Å². The molecular weight excluding hydrogens is 245 g/mol. The quantitative estimate of drug-likeness (QED) is 0.820. The van der Waals surface area contributed by atoms with Crippen LogP contribution >= 0.6 is 15.9 Å². The highest BCUT2D eigenvalue weighted by molar-refractivity contribution is 9.10. The van der Waals surface area contributed by atoms with Gasteiger partial charge in [0.15, 0.2) is 0 Å². The Morgan fingerprint density at radius 2 is 2.17 bits per heavy atom. The molecule has 12 heavy (non-hydrogen) atoms. The first kappa shape index (κ1) is 9.67. The lowest BCUT2D eigenvalue weighted by atomic mass is 10.3. The minimum Gasteiger partial charge on any atom is -0.249 e. The van der Waals surface area contributed by atoms with E-state index in [9.17, 15) is 8.60 Å². The molecule has 0 amide bonds. The predicted molar refractivity (Wildman–Crippen MR) is 49.2 cm³/mol. The molecule has 0 radical (unpaired) electrons. The molecule has 1 rings (SSSR count). The number of hydrogen-bond acceptors (Lipinski definition) is 2. The molecule has 1 unspecified atom stereocenters. The van der Waals surface area contributed by atoms with Gasteiger partial charge in [-0.05, 0) is 34.1 Å². The maximum Gasteiger partial charge on any atom is 0.137 e. The van der Waals surface area contributed by atoms with Crippen molar-refractivity contribution in [3.63, 3.8) is 0 Å². The van der Waals surface area contributed by atoms with Crippen molar-refractivity contribution < 1.29 is 8.60 Å². The summed E-state index contributed by atoms with van der Waals surface area (Å²) in [7, 11) is -2.74. The van der Waals surface area contributed by atoms with Crippen LogP contribution in [-0.2, 0) is 9.73 Å². The van der Waals surface area contributed by atoms with Gasteiger partial charge in [0.25, 0.3) is 0 Å². The van der Waals surface area contributed by atoms with E-state index in [1.54, 1.807) is 0 Å². The minimum atomic E-state index is -2.74. The molecule has 0 heterocycles. The van der Waals surface area contributed by atoms with Crippen molar-refractivity contribution >= 4 is 25.7 Å². The number of benzene rings is 1. The molecule has 1 atom stereocenters. The maximum absolute atomic E-state index is 12.7. The van der Waals surface area contributed by atoms with E-state index in [2.05, 4.69) is 15.9 Å². The molecule has 0 aliphatic heterocycles. The van der Waals surface area contributed by atoms with Gasteiger partial charge >= 0.3 is 0 Å². The largest absolute Gasteiger partial charge is 0.249 e. The first-order valence-corrected chi connectivity index (χ1v) is 5.86. The molecule has 1 N–H and O–H groups in total. The van der Waals surface area contributed by atoms with Crippen molar-refractivity contribution in [2.75, 3.05) is 6.26 Å². The average molecular weight is 252 g/mol. The van der Waals surface area contributed by atoms with Crippen LogP contribution in [-0.4, -0.2) is 10.5 Å². The van der Waals surface area contributed by atoms with Crippen LogP contribution in [0.3, 0.4) is 0 Å². The topological polar surface area (TPSA) is 40.9 Å². The van der Waals surface area contributed by atoms with Crippen LogP contribution in [0.2, 0.25) is 0 Å². The van der Waals surface area contributed by atoms with E-state index in [1.807, 2.05) is 0 Å². The van der Waals surface area contributed by atoms with E-state index in [1.165, 1.54) is 24.5 Å². The Morgan fingerprint density at radius 1 is 1.58 bits per heavy atom. The van der Waals surface area contributed by atoms with Crippen LogP contribution in [0.1, 0.15) is 0 Å². The molecule has 0 fully saturated rings. The molecule has 2 nitrogen and oxygen atoms in total. The third-order valence-corrected chi connectivity index (χ3v) is 3.10. The Kier molecular flexibility index (Phi) is 2.53. The van der Waals surface area contributed by atoms with Crippen molar-refractivity contribution in [1.82, 2.24) is 0 Å². The van der Waals surface area contributed by atoms with Gasteiger partial charge in [-0.1, -0.05) is 0 Å². The van der Waals surface area contributed by atoms with Crippen LogP contribution in [0.4, 0.5) is 4.39 Å². The van der Waals surface area contributed by atoms with E-state index in [4.69, 9.17) is 4.78 Å². The van der Waals surface area contributed by atoms with Gasteiger partial charge in [-0.15, -0.1) is 0 Å². The summed E-state index contributed by atoms with van der Waals surface area (Å²) in [5.74, 6) is -0.414. The highest BCUT2D eigenvalue weighted by Gasteiger charge is 2.05. The summed E-state index contributed by atoms with van der Waals surface area (Å²) in [6.45, 7) is 0. The van der Waals surface area contributed by atoms with Gasteiger partial charge in [0.2, 0.25) is 0 Å². The molecule has 0 aliphatic carbocycles. The Balaban J connectivity index is 3.33. The monoisotopic (exact) mass is 251 g/mol. The highest BCUT2D eigenvalue weighted by atomic mass is 79.9. The van der Waals surface area contributed by atoms with Gasteiger partial charge in [-0.25, -0.2) is 13.4 Å². The van der Waals surface area contributed by atoms with Gasteiger partial charge in [-0.2, -0.15) is 0 Å². The fourth-order valence-corrected chi connectivity index (χ4v) is 1.92. The van der Waals surface area contributed by atoms with Crippen molar-refractivity contribution in [3.05, 3.63) is 28.5 Å². The third-order valence-electron chi connectivity index (χ3n) is 1.34. The molecule has 0 aromatic heterocycles. The normalized spacial score (nSPS) is 15.6. The number of nitrogens with one attached hydrogen (secondary N) is 1. The molecule has 1 aromatic carbocycles. The fraction of sp³-hybridized carbons (Fsp3) is 0.143. The summed E-state index contributed by atoms with van der Waals surface area (Å²) in [5.41, 5.74) is 0. The SMILES string of the molecule is CS(=N)(=O)c1ccc(F)c(Br)c1. The van der Waals surface area contributed by atoms with E-state index in [-0.39, 0.29) is 4.47 Å². The third kappa shape index (κ3) is 2.04. The Morgan fingerprint density at radius 3 is 2.58 bits per heavy atom. The van der Waals surface area contributed by atoms with Gasteiger partial charge in [0.1, 0.15) is 5.82 Å². The van der Waals surface area contributed by atoms with Crippen molar-refractivity contribution in [1.29, 1.82) is 4.78 Å². The lowest BCUT2D eigenvalue weighted by molar-refractivity contribution is 0.619.